The van der Waals surface area contributed by atoms with Crippen LogP contribution in [-0.4, -0.2) is 24.2 Å². The van der Waals surface area contributed by atoms with E-state index in [9.17, 15) is 4.39 Å². The van der Waals surface area contributed by atoms with Gasteiger partial charge in [-0.2, -0.15) is 0 Å². The molecule has 0 unspecified atom stereocenters. The smallest absolute Gasteiger partial charge is 0.200 e. The fourth-order valence-corrected chi connectivity index (χ4v) is 2.14. The van der Waals surface area contributed by atoms with Crippen molar-refractivity contribution in [2.24, 2.45) is 0 Å². The van der Waals surface area contributed by atoms with Crippen LogP contribution in [0.5, 0.6) is 0 Å². The maximum absolute atomic E-state index is 13.1. The lowest BCUT2D eigenvalue weighted by Gasteiger charge is -2.24. The fraction of sp³-hybridized carbons (Fsp3) is 0.375. The molecule has 1 heterocycles. The van der Waals surface area contributed by atoms with Crippen LogP contribution < -0.4 is 0 Å². The minimum absolute atomic E-state index is 0.261. The number of halogens is 1. The molecule has 5 heteroatoms. The van der Waals surface area contributed by atoms with Gasteiger partial charge in [0.15, 0.2) is 0 Å². The Morgan fingerprint density at radius 1 is 1.05 bits per heavy atom. The van der Waals surface area contributed by atoms with E-state index in [1.165, 1.54) is 12.1 Å². The maximum atomic E-state index is 13.1. The van der Waals surface area contributed by atoms with E-state index in [1.54, 1.807) is 38.6 Å². The predicted molar refractivity (Wildman–Crippen MR) is 77.3 cm³/mol. The van der Waals surface area contributed by atoms with E-state index in [4.69, 9.17) is 9.47 Å². The molecule has 0 saturated heterocycles. The largest absolute Gasteiger partial charge is 0.350 e. The summed E-state index contributed by atoms with van der Waals surface area (Å²) in [7, 11) is 3.11. The highest BCUT2D eigenvalue weighted by Crippen LogP contribution is 2.29. The van der Waals surface area contributed by atoms with Crippen molar-refractivity contribution in [3.05, 3.63) is 59.4 Å². The van der Waals surface area contributed by atoms with Crippen LogP contribution in [0.1, 0.15) is 37.2 Å². The Labute approximate surface area is 124 Å². The van der Waals surface area contributed by atoms with Crippen molar-refractivity contribution >= 4 is 0 Å². The van der Waals surface area contributed by atoms with E-state index >= 15 is 0 Å². The van der Waals surface area contributed by atoms with Crippen LogP contribution in [-0.2, 0) is 14.9 Å². The second-order valence-corrected chi connectivity index (χ2v) is 5.24. The first kappa shape index (κ1) is 15.5. The number of nitrogens with zero attached hydrogens (tertiary/aromatic N) is 2. The van der Waals surface area contributed by atoms with Gasteiger partial charge in [-0.25, -0.2) is 14.4 Å². The number of aromatic nitrogens is 2. The minimum Gasteiger partial charge on any atom is -0.350 e. The molecular weight excluding hydrogens is 271 g/mol. The highest BCUT2D eigenvalue weighted by molar-refractivity contribution is 5.31. The first-order chi connectivity index (χ1) is 9.98. The molecule has 0 aliphatic heterocycles. The van der Waals surface area contributed by atoms with E-state index in [1.807, 2.05) is 13.8 Å². The van der Waals surface area contributed by atoms with Crippen molar-refractivity contribution in [2.75, 3.05) is 14.2 Å². The molecule has 0 atom stereocenters. The molecule has 1 aromatic heterocycles. The van der Waals surface area contributed by atoms with Gasteiger partial charge in [0.25, 0.3) is 0 Å². The summed E-state index contributed by atoms with van der Waals surface area (Å²) in [6.45, 7) is 3.99. The van der Waals surface area contributed by atoms with Gasteiger partial charge in [0.2, 0.25) is 6.29 Å². The molecule has 21 heavy (non-hydrogen) atoms. The predicted octanol–water partition coefficient (Wildman–Crippen LogP) is 3.23. The first-order valence-corrected chi connectivity index (χ1v) is 6.64. The number of methoxy groups -OCH3 is 2. The second kappa shape index (κ2) is 6.28. The minimum atomic E-state index is -0.532. The van der Waals surface area contributed by atoms with Gasteiger partial charge in [-0.15, -0.1) is 0 Å². The molecule has 0 fully saturated rings. The van der Waals surface area contributed by atoms with Crippen LogP contribution in [0.25, 0.3) is 0 Å². The lowest BCUT2D eigenvalue weighted by molar-refractivity contribution is -0.108. The summed E-state index contributed by atoms with van der Waals surface area (Å²) in [6, 6.07) is 8.12. The molecule has 0 N–H and O–H groups in total. The topological polar surface area (TPSA) is 44.2 Å². The van der Waals surface area contributed by atoms with E-state index in [-0.39, 0.29) is 5.82 Å². The first-order valence-electron chi connectivity index (χ1n) is 6.64. The molecule has 0 radical (unpaired) electrons. The number of rotatable bonds is 5. The van der Waals surface area contributed by atoms with Crippen LogP contribution in [0, 0.1) is 5.82 Å². The van der Waals surface area contributed by atoms with Crippen LogP contribution in [0.4, 0.5) is 4.39 Å². The van der Waals surface area contributed by atoms with Crippen molar-refractivity contribution in [3.8, 4) is 0 Å². The van der Waals surface area contributed by atoms with Crippen molar-refractivity contribution in [3.63, 3.8) is 0 Å². The quantitative estimate of drug-likeness (QED) is 0.793. The van der Waals surface area contributed by atoms with Crippen molar-refractivity contribution in [2.45, 2.75) is 25.6 Å². The van der Waals surface area contributed by atoms with E-state index < -0.39 is 11.7 Å². The lowest BCUT2D eigenvalue weighted by atomic mass is 9.83. The summed E-state index contributed by atoms with van der Waals surface area (Å²) in [6.07, 6.45) is 1.14. The summed E-state index contributed by atoms with van der Waals surface area (Å²) in [4.78, 5) is 8.88. The molecule has 112 valence electrons. The zero-order chi connectivity index (χ0) is 15.5. The normalized spacial score (nSPS) is 11.9. The second-order valence-electron chi connectivity index (χ2n) is 5.24. The number of hydrogen-bond donors (Lipinski definition) is 0. The zero-order valence-corrected chi connectivity index (χ0v) is 12.6. The van der Waals surface area contributed by atoms with Crippen molar-refractivity contribution in [1.29, 1.82) is 0 Å². The van der Waals surface area contributed by atoms with Crippen molar-refractivity contribution in [1.82, 2.24) is 9.97 Å². The van der Waals surface area contributed by atoms with Gasteiger partial charge >= 0.3 is 0 Å². The van der Waals surface area contributed by atoms with Gasteiger partial charge in [-0.05, 0) is 37.6 Å². The maximum Gasteiger partial charge on any atom is 0.200 e. The van der Waals surface area contributed by atoms with Gasteiger partial charge < -0.3 is 9.47 Å². The molecule has 0 spiro atoms. The monoisotopic (exact) mass is 290 g/mol. The van der Waals surface area contributed by atoms with E-state index in [0.717, 1.165) is 5.56 Å². The Balaban J connectivity index is 2.40. The number of ether oxygens (including phenoxy) is 2. The summed E-state index contributed by atoms with van der Waals surface area (Å²) in [5.74, 6) is 0.369. The third-order valence-electron chi connectivity index (χ3n) is 3.47. The third kappa shape index (κ3) is 3.25. The van der Waals surface area contributed by atoms with Gasteiger partial charge in [-0.3, -0.25) is 0 Å². The van der Waals surface area contributed by atoms with Crippen LogP contribution >= 0.6 is 0 Å². The van der Waals surface area contributed by atoms with Gasteiger partial charge in [0.1, 0.15) is 11.6 Å². The van der Waals surface area contributed by atoms with Crippen molar-refractivity contribution < 1.29 is 13.9 Å². The molecule has 2 aromatic rings. The highest BCUT2D eigenvalue weighted by Gasteiger charge is 2.27. The Morgan fingerprint density at radius 3 is 2.24 bits per heavy atom. The molecule has 0 aliphatic carbocycles. The fourth-order valence-electron chi connectivity index (χ4n) is 2.14. The number of hydrogen-bond acceptors (Lipinski definition) is 4. The summed E-state index contributed by atoms with van der Waals surface area (Å²) >= 11 is 0. The molecule has 0 saturated carbocycles. The Kier molecular flexibility index (Phi) is 4.65. The molecule has 0 bridgehead atoms. The third-order valence-corrected chi connectivity index (χ3v) is 3.47. The van der Waals surface area contributed by atoms with Crippen LogP contribution in [0.2, 0.25) is 0 Å². The van der Waals surface area contributed by atoms with Gasteiger partial charge in [0.05, 0.1) is 5.69 Å². The summed E-state index contributed by atoms with van der Waals surface area (Å²) in [5.41, 5.74) is 1.14. The average molecular weight is 290 g/mol. The lowest BCUT2D eigenvalue weighted by Crippen LogP contribution is -2.23. The van der Waals surface area contributed by atoms with Crippen LogP contribution in [0.3, 0.4) is 0 Å². The molecule has 1 aromatic carbocycles. The Bertz CT molecular complexity index is 595. The van der Waals surface area contributed by atoms with Gasteiger partial charge in [-0.1, -0.05) is 12.1 Å². The standard InChI is InChI=1S/C16H19FN2O2/c1-16(2,11-5-7-12(17)8-6-11)15-18-10-9-13(19-15)14(20-3)21-4/h5-10,14H,1-4H3. The average Bonchev–Trinajstić information content (AvgIpc) is 2.49. The molecular formula is C16H19FN2O2. The molecule has 0 aliphatic rings. The molecule has 4 nitrogen and oxygen atoms in total. The SMILES string of the molecule is COC(OC)c1ccnc(C(C)(C)c2ccc(F)cc2)n1. The Morgan fingerprint density at radius 2 is 1.67 bits per heavy atom. The summed E-state index contributed by atoms with van der Waals surface area (Å²) in [5, 5.41) is 0. The molecule has 0 amide bonds. The van der Waals surface area contributed by atoms with Gasteiger partial charge in [0, 0.05) is 25.8 Å². The molecule has 2 rings (SSSR count). The number of benzene rings is 1. The summed E-state index contributed by atoms with van der Waals surface area (Å²) < 4.78 is 23.5. The van der Waals surface area contributed by atoms with E-state index in [0.29, 0.717) is 11.5 Å². The Hall–Kier alpha value is -1.85. The van der Waals surface area contributed by atoms with Crippen LogP contribution in [0.15, 0.2) is 36.5 Å². The zero-order valence-electron chi connectivity index (χ0n) is 12.6. The van der Waals surface area contributed by atoms with E-state index in [2.05, 4.69) is 9.97 Å². The highest BCUT2D eigenvalue weighted by atomic mass is 19.1.